The number of carbonyl (C=O) groups excluding carboxylic acids is 3. The highest BCUT2D eigenvalue weighted by Crippen LogP contribution is 2.11. The predicted molar refractivity (Wildman–Crippen MR) is 92.3 cm³/mol. The molecule has 1 aromatic rings. The van der Waals surface area contributed by atoms with Gasteiger partial charge < -0.3 is 15.4 Å². The van der Waals surface area contributed by atoms with E-state index in [1.165, 1.54) is 25.3 Å². The smallest absolute Gasteiger partial charge is 0.326 e. The van der Waals surface area contributed by atoms with E-state index in [2.05, 4.69) is 15.6 Å². The van der Waals surface area contributed by atoms with Gasteiger partial charge in [0.05, 0.1) is 11.5 Å². The van der Waals surface area contributed by atoms with Gasteiger partial charge in [-0.05, 0) is 25.5 Å². The zero-order valence-corrected chi connectivity index (χ0v) is 15.5. The molecule has 0 bridgehead atoms. The van der Waals surface area contributed by atoms with Crippen LogP contribution in [0.25, 0.3) is 0 Å². The van der Waals surface area contributed by atoms with E-state index >= 15 is 0 Å². The maximum atomic E-state index is 11.9. The van der Waals surface area contributed by atoms with Crippen molar-refractivity contribution >= 4 is 39.2 Å². The van der Waals surface area contributed by atoms with Crippen LogP contribution < -0.4 is 10.6 Å². The first-order valence-electron chi connectivity index (χ1n) is 7.76. The van der Waals surface area contributed by atoms with Gasteiger partial charge in [0.25, 0.3) is 11.8 Å². The number of pyridine rings is 1. The molecule has 1 aromatic heterocycles. The summed E-state index contributed by atoms with van der Waals surface area (Å²) >= 11 is 5.75. The first kappa shape index (κ1) is 20.1. The predicted octanol–water partition coefficient (Wildman–Crippen LogP) is -0.300. The molecule has 11 heteroatoms. The second kappa shape index (κ2) is 8.45. The maximum absolute atomic E-state index is 11.9. The van der Waals surface area contributed by atoms with E-state index in [1.54, 1.807) is 0 Å². The Morgan fingerprint density at radius 2 is 2.15 bits per heavy atom. The van der Waals surface area contributed by atoms with Gasteiger partial charge >= 0.3 is 5.97 Å². The largest absolute Gasteiger partial charge is 0.451 e. The lowest BCUT2D eigenvalue weighted by atomic mass is 10.2. The highest BCUT2D eigenvalue weighted by molar-refractivity contribution is 7.91. The second-order valence-corrected chi connectivity index (χ2v) is 8.45. The molecule has 1 aliphatic rings. The van der Waals surface area contributed by atoms with Crippen molar-refractivity contribution in [2.24, 2.45) is 0 Å². The summed E-state index contributed by atoms with van der Waals surface area (Å²) in [6.07, 6.45) is 0.565. The third kappa shape index (κ3) is 5.95. The zero-order chi connectivity index (χ0) is 19.3. The minimum atomic E-state index is -3.12. The third-order valence-corrected chi connectivity index (χ3v) is 5.61. The van der Waals surface area contributed by atoms with Crippen molar-refractivity contribution < 1.29 is 27.5 Å². The van der Waals surface area contributed by atoms with Crippen LogP contribution in [0.5, 0.6) is 0 Å². The molecule has 1 fully saturated rings. The molecular weight excluding hydrogens is 386 g/mol. The van der Waals surface area contributed by atoms with E-state index in [4.69, 9.17) is 16.3 Å². The minimum Gasteiger partial charge on any atom is -0.451 e. The van der Waals surface area contributed by atoms with Gasteiger partial charge in [-0.25, -0.2) is 8.42 Å². The monoisotopic (exact) mass is 403 g/mol. The molecule has 26 heavy (non-hydrogen) atoms. The van der Waals surface area contributed by atoms with Crippen molar-refractivity contribution in [3.05, 3.63) is 29.0 Å². The molecule has 0 saturated carbocycles. The van der Waals surface area contributed by atoms with Crippen molar-refractivity contribution in [1.82, 2.24) is 15.6 Å². The molecule has 0 unspecified atom stereocenters. The summed E-state index contributed by atoms with van der Waals surface area (Å²) in [6, 6.07) is 2.36. The number of halogens is 1. The summed E-state index contributed by atoms with van der Waals surface area (Å²) in [5.74, 6) is -2.12. The van der Waals surface area contributed by atoms with Crippen LogP contribution in [0.3, 0.4) is 0 Å². The number of amides is 2. The van der Waals surface area contributed by atoms with Gasteiger partial charge in [-0.15, -0.1) is 0 Å². The van der Waals surface area contributed by atoms with Gasteiger partial charge in [0.1, 0.15) is 12.2 Å². The Bertz CT molecular complexity index is 813. The average molecular weight is 404 g/mol. The molecule has 2 rings (SSSR count). The number of hydrogen-bond acceptors (Lipinski definition) is 7. The first-order valence-corrected chi connectivity index (χ1v) is 9.96. The average Bonchev–Trinajstić information content (AvgIpc) is 2.91. The fourth-order valence-electron chi connectivity index (χ4n) is 2.29. The second-order valence-electron chi connectivity index (χ2n) is 5.78. The zero-order valence-electron chi connectivity index (χ0n) is 13.9. The number of carbonyl (C=O) groups is 3. The summed E-state index contributed by atoms with van der Waals surface area (Å²) in [5, 5.41) is 5.16. The van der Waals surface area contributed by atoms with Crippen LogP contribution in [0.2, 0.25) is 5.02 Å². The Balaban J connectivity index is 1.76. The van der Waals surface area contributed by atoms with Crippen molar-refractivity contribution in [2.75, 3.05) is 18.1 Å². The molecule has 2 atom stereocenters. The fourth-order valence-corrected chi connectivity index (χ4v) is 4.12. The molecule has 2 heterocycles. The van der Waals surface area contributed by atoms with Crippen LogP contribution in [0.4, 0.5) is 0 Å². The molecule has 0 aromatic carbocycles. The van der Waals surface area contributed by atoms with Crippen LogP contribution in [0, 0.1) is 0 Å². The van der Waals surface area contributed by atoms with Crippen LogP contribution in [0.15, 0.2) is 18.3 Å². The van der Waals surface area contributed by atoms with Crippen LogP contribution in [0.1, 0.15) is 23.8 Å². The van der Waals surface area contributed by atoms with Crippen molar-refractivity contribution in [3.63, 3.8) is 0 Å². The van der Waals surface area contributed by atoms with Gasteiger partial charge in [0.15, 0.2) is 15.9 Å². The van der Waals surface area contributed by atoms with E-state index in [9.17, 15) is 22.8 Å². The normalized spacial score (nSPS) is 19.4. The topological polar surface area (TPSA) is 132 Å². The Labute approximate surface area is 155 Å². The van der Waals surface area contributed by atoms with Gasteiger partial charge in [-0.1, -0.05) is 11.6 Å². The standard InChI is InChI=1S/C15H18ClN3O6S/c1-9(14(21)19-11-3-5-26(23,24)8-11)25-13(20)7-18-15(22)12-6-10(16)2-4-17-12/h2,4,6,9,11H,3,5,7-8H2,1H3,(H,18,22)(H,19,21)/t9-,11+/m1/s1. The number of esters is 1. The number of sulfone groups is 1. The molecule has 142 valence electrons. The Morgan fingerprint density at radius 1 is 1.42 bits per heavy atom. The highest BCUT2D eigenvalue weighted by atomic mass is 35.5. The summed E-state index contributed by atoms with van der Waals surface area (Å²) in [7, 11) is -3.12. The van der Waals surface area contributed by atoms with E-state index < -0.39 is 46.3 Å². The van der Waals surface area contributed by atoms with Crippen molar-refractivity contribution in [3.8, 4) is 0 Å². The summed E-state index contributed by atoms with van der Waals surface area (Å²) in [4.78, 5) is 39.3. The van der Waals surface area contributed by atoms with Gasteiger partial charge in [0, 0.05) is 17.3 Å². The van der Waals surface area contributed by atoms with Crippen LogP contribution >= 0.6 is 11.6 Å². The molecule has 9 nitrogen and oxygen atoms in total. The molecule has 1 saturated heterocycles. The van der Waals surface area contributed by atoms with Gasteiger partial charge in [0.2, 0.25) is 0 Å². The summed E-state index contributed by atoms with van der Waals surface area (Å²) < 4.78 is 27.7. The lowest BCUT2D eigenvalue weighted by molar-refractivity contribution is -0.154. The van der Waals surface area contributed by atoms with Gasteiger partial charge in [-0.3, -0.25) is 19.4 Å². The van der Waals surface area contributed by atoms with E-state index in [0.717, 1.165) is 0 Å². The SMILES string of the molecule is C[C@@H](OC(=O)CNC(=O)c1cc(Cl)ccn1)C(=O)N[C@H]1CCS(=O)(=O)C1. The number of hydrogen-bond donors (Lipinski definition) is 2. The Morgan fingerprint density at radius 3 is 2.77 bits per heavy atom. The molecule has 0 aliphatic carbocycles. The molecule has 0 radical (unpaired) electrons. The highest BCUT2D eigenvalue weighted by Gasteiger charge is 2.30. The minimum absolute atomic E-state index is 0.0235. The number of nitrogens with zero attached hydrogens (tertiary/aromatic N) is 1. The lowest BCUT2D eigenvalue weighted by Gasteiger charge is -2.16. The quantitative estimate of drug-likeness (QED) is 0.623. The Kier molecular flexibility index (Phi) is 6.54. The van der Waals surface area contributed by atoms with Crippen LogP contribution in [-0.4, -0.2) is 61.4 Å². The van der Waals surface area contributed by atoms with Gasteiger partial charge in [-0.2, -0.15) is 0 Å². The van der Waals surface area contributed by atoms with E-state index in [-0.39, 0.29) is 17.2 Å². The fraction of sp³-hybridized carbons (Fsp3) is 0.467. The third-order valence-electron chi connectivity index (χ3n) is 3.60. The maximum Gasteiger partial charge on any atom is 0.326 e. The number of rotatable bonds is 6. The lowest BCUT2D eigenvalue weighted by Crippen LogP contribution is -2.43. The molecule has 2 amide bonds. The van der Waals surface area contributed by atoms with Crippen molar-refractivity contribution in [1.29, 1.82) is 0 Å². The summed E-state index contributed by atoms with van der Waals surface area (Å²) in [6.45, 7) is 0.902. The molecule has 2 N–H and O–H groups in total. The molecule has 0 spiro atoms. The molecular formula is C15H18ClN3O6S. The first-order chi connectivity index (χ1) is 12.2. The number of nitrogens with one attached hydrogen (secondary N) is 2. The van der Waals surface area contributed by atoms with E-state index in [0.29, 0.717) is 11.4 Å². The van der Waals surface area contributed by atoms with Crippen molar-refractivity contribution in [2.45, 2.75) is 25.5 Å². The Hall–Kier alpha value is -2.20. The van der Waals surface area contributed by atoms with E-state index in [1.807, 2.05) is 0 Å². The number of aromatic nitrogens is 1. The molecule has 1 aliphatic heterocycles. The number of ether oxygens (including phenoxy) is 1. The van der Waals surface area contributed by atoms with Crippen LogP contribution in [-0.2, 0) is 24.2 Å². The summed E-state index contributed by atoms with van der Waals surface area (Å²) in [5.41, 5.74) is 0.0403.